The van der Waals surface area contributed by atoms with Gasteiger partial charge in [-0.05, 0) is 0 Å². The van der Waals surface area contributed by atoms with Crippen LogP contribution in [0.25, 0.3) is 0 Å². The molecule has 2 fully saturated rings. The van der Waals surface area contributed by atoms with Crippen LogP contribution >= 0.6 is 0 Å². The Morgan fingerprint density at radius 1 is 1.19 bits per heavy atom. The smallest absolute Gasteiger partial charge is 0.246 e. The number of hydrogen-bond donors (Lipinski definition) is 2. The van der Waals surface area contributed by atoms with Gasteiger partial charge in [-0.15, -0.1) is 0 Å². The van der Waals surface area contributed by atoms with Crippen LogP contribution in [0.15, 0.2) is 0 Å². The summed E-state index contributed by atoms with van der Waals surface area (Å²) >= 11 is 0. The number of likely N-dealkylation sites (tertiary alicyclic amines) is 1. The molecule has 0 saturated carbocycles. The van der Waals surface area contributed by atoms with Crippen LogP contribution in [0, 0.1) is 0 Å². The van der Waals surface area contributed by atoms with Crippen LogP contribution in [0.2, 0.25) is 0 Å². The van der Waals surface area contributed by atoms with E-state index in [2.05, 4.69) is 10.6 Å². The lowest BCUT2D eigenvalue weighted by atomic mass is 10.2. The van der Waals surface area contributed by atoms with Crippen LogP contribution in [0.5, 0.6) is 0 Å². The van der Waals surface area contributed by atoms with E-state index in [0.717, 1.165) is 4.90 Å². The number of nitrogens with zero attached hydrogens (tertiary/aromatic N) is 1. The van der Waals surface area contributed by atoms with E-state index < -0.39 is 18.0 Å². The molecule has 2 saturated heterocycles. The minimum Gasteiger partial charge on any atom is -0.295 e. The summed E-state index contributed by atoms with van der Waals surface area (Å²) in [6.45, 7) is 0. The summed E-state index contributed by atoms with van der Waals surface area (Å²) in [7, 11) is 1.40. The lowest BCUT2D eigenvalue weighted by Crippen LogP contribution is -2.46. The van der Waals surface area contributed by atoms with Crippen LogP contribution in [0.3, 0.4) is 0 Å². The van der Waals surface area contributed by atoms with Gasteiger partial charge in [-0.3, -0.25) is 34.7 Å². The molecular formula is C9H11N3O4. The molecule has 0 aromatic carbocycles. The second-order valence-corrected chi connectivity index (χ2v) is 3.88. The van der Waals surface area contributed by atoms with Gasteiger partial charge < -0.3 is 0 Å². The molecule has 2 unspecified atom stereocenters. The predicted molar refractivity (Wildman–Crippen MR) is 50.9 cm³/mol. The lowest BCUT2D eigenvalue weighted by molar-refractivity contribution is -0.137. The third kappa shape index (κ3) is 1.69. The number of amides is 4. The van der Waals surface area contributed by atoms with E-state index in [-0.39, 0.29) is 30.6 Å². The van der Waals surface area contributed by atoms with E-state index in [1.54, 1.807) is 0 Å². The fourth-order valence-electron chi connectivity index (χ4n) is 1.82. The normalized spacial score (nSPS) is 30.2. The van der Waals surface area contributed by atoms with Gasteiger partial charge in [0.15, 0.2) is 0 Å². The molecule has 2 atom stereocenters. The van der Waals surface area contributed by atoms with Crippen molar-refractivity contribution in [1.82, 2.24) is 15.5 Å². The van der Waals surface area contributed by atoms with Crippen LogP contribution in [-0.2, 0) is 19.2 Å². The molecule has 16 heavy (non-hydrogen) atoms. The molecule has 2 aliphatic heterocycles. The van der Waals surface area contributed by atoms with E-state index >= 15 is 0 Å². The topological polar surface area (TPSA) is 95.6 Å². The summed E-state index contributed by atoms with van der Waals surface area (Å²) in [4.78, 5) is 45.9. The molecule has 0 aromatic heterocycles. The predicted octanol–water partition coefficient (Wildman–Crippen LogP) is -2.25. The Bertz CT molecular complexity index is 392. The number of likely N-dealkylation sites (N-methyl/N-ethyl adjacent to an activating group) is 1. The van der Waals surface area contributed by atoms with Crippen LogP contribution in [0.1, 0.15) is 12.8 Å². The van der Waals surface area contributed by atoms with Crippen molar-refractivity contribution in [1.29, 1.82) is 0 Å². The summed E-state index contributed by atoms with van der Waals surface area (Å²) < 4.78 is 0. The standard InChI is InChI=1S/C9H11N3O4/c1-12-7(14)3-5(9(12)16)10-4-2-6(13)11-8(4)15/h4-5,10H,2-3H2,1H3,(H,11,13,15). The summed E-state index contributed by atoms with van der Waals surface area (Å²) in [6.07, 6.45) is 0.0494. The monoisotopic (exact) mass is 225 g/mol. The highest BCUT2D eigenvalue weighted by atomic mass is 16.2. The fraction of sp³-hybridized carbons (Fsp3) is 0.556. The summed E-state index contributed by atoms with van der Waals surface area (Å²) in [5, 5.41) is 4.85. The zero-order valence-electron chi connectivity index (χ0n) is 8.65. The summed E-state index contributed by atoms with van der Waals surface area (Å²) in [5.74, 6) is -1.46. The second-order valence-electron chi connectivity index (χ2n) is 3.88. The average Bonchev–Trinajstić information content (AvgIpc) is 2.64. The van der Waals surface area contributed by atoms with Crippen molar-refractivity contribution in [3.63, 3.8) is 0 Å². The molecule has 86 valence electrons. The van der Waals surface area contributed by atoms with Gasteiger partial charge in [0, 0.05) is 7.05 Å². The Morgan fingerprint density at radius 3 is 2.31 bits per heavy atom. The molecular weight excluding hydrogens is 214 g/mol. The molecule has 7 nitrogen and oxygen atoms in total. The fourth-order valence-corrected chi connectivity index (χ4v) is 1.82. The number of imide groups is 2. The van der Waals surface area contributed by atoms with Gasteiger partial charge in [-0.25, -0.2) is 0 Å². The highest BCUT2D eigenvalue weighted by molar-refractivity contribution is 6.07. The molecule has 0 bridgehead atoms. The van der Waals surface area contributed by atoms with Crippen LogP contribution in [0.4, 0.5) is 0 Å². The first-order valence-corrected chi connectivity index (χ1v) is 4.89. The van der Waals surface area contributed by atoms with Crippen molar-refractivity contribution in [3.8, 4) is 0 Å². The molecule has 0 aliphatic carbocycles. The minimum absolute atomic E-state index is 0.0144. The highest BCUT2D eigenvalue weighted by Gasteiger charge is 2.40. The minimum atomic E-state index is -0.708. The van der Waals surface area contributed by atoms with Gasteiger partial charge in [0.2, 0.25) is 23.6 Å². The number of nitrogens with one attached hydrogen (secondary N) is 2. The maximum Gasteiger partial charge on any atom is 0.246 e. The molecule has 2 rings (SSSR count). The van der Waals surface area contributed by atoms with Crippen molar-refractivity contribution in [2.45, 2.75) is 24.9 Å². The van der Waals surface area contributed by atoms with Gasteiger partial charge in [0.25, 0.3) is 0 Å². The molecule has 0 aromatic rings. The number of hydrogen-bond acceptors (Lipinski definition) is 5. The number of carbonyl (C=O) groups excluding carboxylic acids is 4. The van der Waals surface area contributed by atoms with Crippen LogP contribution in [-0.4, -0.2) is 47.7 Å². The largest absolute Gasteiger partial charge is 0.295 e. The summed E-state index contributed by atoms with van der Waals surface area (Å²) in [5.41, 5.74) is 0. The Kier molecular flexibility index (Phi) is 2.47. The average molecular weight is 225 g/mol. The molecule has 0 spiro atoms. The van der Waals surface area contributed by atoms with Crippen molar-refractivity contribution in [2.75, 3.05) is 7.05 Å². The number of carbonyl (C=O) groups is 4. The Balaban J connectivity index is 2.01. The molecule has 2 N–H and O–H groups in total. The quantitative estimate of drug-likeness (QED) is 0.517. The lowest BCUT2D eigenvalue weighted by Gasteiger charge is -2.13. The second kappa shape index (κ2) is 3.67. The van der Waals surface area contributed by atoms with E-state index in [0.29, 0.717) is 0 Å². The Morgan fingerprint density at radius 2 is 1.88 bits per heavy atom. The SMILES string of the molecule is CN1C(=O)CC(NC2CC(=O)NC2=O)C1=O. The van der Waals surface area contributed by atoms with Gasteiger partial charge in [-0.2, -0.15) is 0 Å². The maximum atomic E-state index is 11.5. The van der Waals surface area contributed by atoms with E-state index in [1.807, 2.05) is 0 Å². The van der Waals surface area contributed by atoms with Gasteiger partial charge in [0.05, 0.1) is 24.9 Å². The molecule has 2 aliphatic rings. The van der Waals surface area contributed by atoms with Crippen molar-refractivity contribution >= 4 is 23.6 Å². The maximum absolute atomic E-state index is 11.5. The molecule has 2 heterocycles. The first-order valence-electron chi connectivity index (χ1n) is 4.89. The van der Waals surface area contributed by atoms with E-state index in [4.69, 9.17) is 0 Å². The van der Waals surface area contributed by atoms with Crippen molar-refractivity contribution in [2.24, 2.45) is 0 Å². The zero-order chi connectivity index (χ0) is 11.9. The van der Waals surface area contributed by atoms with Crippen molar-refractivity contribution in [3.05, 3.63) is 0 Å². The van der Waals surface area contributed by atoms with E-state index in [9.17, 15) is 19.2 Å². The Hall–Kier alpha value is -1.76. The summed E-state index contributed by atoms with van der Waals surface area (Å²) in [6, 6.07) is -1.40. The first-order chi connectivity index (χ1) is 7.49. The Labute approximate surface area is 91.2 Å². The molecule has 7 heteroatoms. The molecule has 0 radical (unpaired) electrons. The molecule has 4 amide bonds. The van der Waals surface area contributed by atoms with E-state index in [1.165, 1.54) is 7.05 Å². The van der Waals surface area contributed by atoms with Crippen molar-refractivity contribution < 1.29 is 19.2 Å². The third-order valence-corrected chi connectivity index (χ3v) is 2.75. The van der Waals surface area contributed by atoms with Gasteiger partial charge in [0.1, 0.15) is 0 Å². The van der Waals surface area contributed by atoms with Gasteiger partial charge >= 0.3 is 0 Å². The third-order valence-electron chi connectivity index (χ3n) is 2.75. The zero-order valence-corrected chi connectivity index (χ0v) is 8.65. The van der Waals surface area contributed by atoms with Crippen LogP contribution < -0.4 is 10.6 Å². The van der Waals surface area contributed by atoms with Gasteiger partial charge in [-0.1, -0.05) is 0 Å². The number of rotatable bonds is 2. The first kappa shape index (κ1) is 10.7. The highest BCUT2D eigenvalue weighted by Crippen LogP contribution is 2.13.